The molecule has 112 valence electrons. The molecule has 2 rings (SSSR count). The van der Waals surface area contributed by atoms with Gasteiger partial charge in [-0.3, -0.25) is 10.1 Å². The van der Waals surface area contributed by atoms with E-state index in [1.54, 1.807) is 30.6 Å². The zero-order valence-corrected chi connectivity index (χ0v) is 12.9. The highest BCUT2D eigenvalue weighted by Crippen LogP contribution is 2.25. The molecule has 0 fully saturated rings. The number of anilines is 1. The van der Waals surface area contributed by atoms with Crippen molar-refractivity contribution in [1.82, 2.24) is 0 Å². The highest BCUT2D eigenvalue weighted by atomic mass is 32.1. The minimum absolute atomic E-state index is 0.0819. The van der Waals surface area contributed by atoms with Crippen molar-refractivity contribution in [2.24, 2.45) is 0 Å². The highest BCUT2D eigenvalue weighted by Gasteiger charge is 2.12. The van der Waals surface area contributed by atoms with E-state index in [0.29, 0.717) is 12.5 Å². The molecule has 1 unspecified atom stereocenters. The Balaban J connectivity index is 2.09. The summed E-state index contributed by atoms with van der Waals surface area (Å²) in [5.74, 6) is 0.377. The van der Waals surface area contributed by atoms with E-state index in [4.69, 9.17) is 4.74 Å². The van der Waals surface area contributed by atoms with Gasteiger partial charge in [-0.05, 0) is 34.4 Å². The van der Waals surface area contributed by atoms with Crippen molar-refractivity contribution < 1.29 is 9.66 Å². The molecular formula is C15H18N2O3S. The zero-order chi connectivity index (χ0) is 15.2. The number of hydrogen-bond acceptors (Lipinski definition) is 5. The molecule has 0 radical (unpaired) electrons. The number of ether oxygens (including phenoxy) is 1. The fourth-order valence-electron chi connectivity index (χ4n) is 2.08. The molecule has 5 nitrogen and oxygen atoms in total. The van der Waals surface area contributed by atoms with Gasteiger partial charge in [0.05, 0.1) is 11.5 Å². The molecule has 0 saturated heterocycles. The monoisotopic (exact) mass is 306 g/mol. The third-order valence-corrected chi connectivity index (χ3v) is 4.01. The Hall–Kier alpha value is -1.92. The molecule has 6 heteroatoms. The van der Waals surface area contributed by atoms with Gasteiger partial charge in [-0.1, -0.05) is 6.92 Å². The van der Waals surface area contributed by atoms with Gasteiger partial charge in [0.1, 0.15) is 0 Å². The topological polar surface area (TPSA) is 64.4 Å². The average Bonchev–Trinajstić information content (AvgIpc) is 3.00. The lowest BCUT2D eigenvalue weighted by Gasteiger charge is -2.15. The largest absolute Gasteiger partial charge is 0.384 e. The van der Waals surface area contributed by atoms with Gasteiger partial charge in [0.2, 0.25) is 0 Å². The first-order valence-corrected chi connectivity index (χ1v) is 7.58. The van der Waals surface area contributed by atoms with Crippen LogP contribution in [0.25, 0.3) is 0 Å². The van der Waals surface area contributed by atoms with Gasteiger partial charge in [-0.15, -0.1) is 0 Å². The van der Waals surface area contributed by atoms with Crippen molar-refractivity contribution in [1.29, 1.82) is 0 Å². The molecule has 1 atom stereocenters. The van der Waals surface area contributed by atoms with Gasteiger partial charge in [0.25, 0.3) is 5.69 Å². The van der Waals surface area contributed by atoms with E-state index in [0.717, 1.165) is 17.8 Å². The summed E-state index contributed by atoms with van der Waals surface area (Å²) in [5, 5.41) is 18.4. The first-order valence-electron chi connectivity index (χ1n) is 6.64. The summed E-state index contributed by atoms with van der Waals surface area (Å²) in [6.07, 6.45) is 0. The van der Waals surface area contributed by atoms with Crippen LogP contribution in [0.2, 0.25) is 0 Å². The number of non-ortho nitro benzene ring substituents is 1. The predicted molar refractivity (Wildman–Crippen MR) is 85.0 cm³/mol. The maximum absolute atomic E-state index is 10.8. The van der Waals surface area contributed by atoms with Crippen LogP contribution in [-0.2, 0) is 11.3 Å². The summed E-state index contributed by atoms with van der Waals surface area (Å²) >= 11 is 1.68. The van der Waals surface area contributed by atoms with E-state index in [1.807, 2.05) is 0 Å². The number of hydrogen-bond donors (Lipinski definition) is 1. The first kappa shape index (κ1) is 15.5. The lowest BCUT2D eigenvalue weighted by Crippen LogP contribution is -2.11. The predicted octanol–water partition coefficient (Wildman–Crippen LogP) is 4.02. The van der Waals surface area contributed by atoms with Gasteiger partial charge in [-0.25, -0.2) is 0 Å². The summed E-state index contributed by atoms with van der Waals surface area (Å²) < 4.78 is 5.12. The number of nitro groups is 1. The second-order valence-electron chi connectivity index (χ2n) is 4.87. The Morgan fingerprint density at radius 2 is 2.24 bits per heavy atom. The summed E-state index contributed by atoms with van der Waals surface area (Å²) in [6.45, 7) is 3.26. The van der Waals surface area contributed by atoms with Gasteiger partial charge < -0.3 is 10.1 Å². The molecule has 0 bridgehead atoms. The Kier molecular flexibility index (Phi) is 5.30. The summed E-state index contributed by atoms with van der Waals surface area (Å²) in [4.78, 5) is 10.4. The number of nitrogens with one attached hydrogen (secondary N) is 1. The minimum atomic E-state index is -0.392. The smallest absolute Gasteiger partial charge is 0.269 e. The third kappa shape index (κ3) is 4.03. The van der Waals surface area contributed by atoms with E-state index in [9.17, 15) is 10.1 Å². The molecule has 0 aliphatic carbocycles. The Morgan fingerprint density at radius 1 is 1.43 bits per heavy atom. The number of rotatable bonds is 7. The first-order chi connectivity index (χ1) is 10.1. The molecule has 21 heavy (non-hydrogen) atoms. The molecule has 0 aliphatic heterocycles. The summed E-state index contributed by atoms with van der Waals surface area (Å²) in [5.41, 5.74) is 3.05. The minimum Gasteiger partial charge on any atom is -0.384 e. The Morgan fingerprint density at radius 3 is 2.86 bits per heavy atom. The number of nitrogens with zero attached hydrogens (tertiary/aromatic N) is 1. The van der Waals surface area contributed by atoms with Crippen molar-refractivity contribution in [3.8, 4) is 0 Å². The van der Waals surface area contributed by atoms with Crippen LogP contribution in [0.3, 0.4) is 0 Å². The molecule has 1 heterocycles. The standard InChI is InChI=1S/C15H18N2O3S/c1-11(12-5-6-21-10-12)8-16-15-4-3-14(17(18)19)7-13(15)9-20-2/h3-7,10-11,16H,8-9H2,1-2H3. The normalized spacial score (nSPS) is 12.1. The molecule has 1 aromatic carbocycles. The maximum Gasteiger partial charge on any atom is 0.269 e. The summed E-state index contributed by atoms with van der Waals surface area (Å²) in [6, 6.07) is 6.92. The van der Waals surface area contributed by atoms with Gasteiger partial charge in [0, 0.05) is 37.0 Å². The van der Waals surface area contributed by atoms with Crippen LogP contribution in [0, 0.1) is 10.1 Å². The van der Waals surface area contributed by atoms with Crippen LogP contribution in [0.15, 0.2) is 35.0 Å². The second kappa shape index (κ2) is 7.19. The molecule has 0 saturated carbocycles. The highest BCUT2D eigenvalue weighted by molar-refractivity contribution is 7.07. The van der Waals surface area contributed by atoms with E-state index in [-0.39, 0.29) is 5.69 Å². The molecule has 0 aliphatic rings. The third-order valence-electron chi connectivity index (χ3n) is 3.31. The molecule has 1 aromatic heterocycles. The lowest BCUT2D eigenvalue weighted by atomic mass is 10.0. The number of nitro benzene ring substituents is 1. The number of methoxy groups -OCH3 is 1. The van der Waals surface area contributed by atoms with Gasteiger partial charge in [-0.2, -0.15) is 11.3 Å². The lowest BCUT2D eigenvalue weighted by molar-refractivity contribution is -0.384. The molecule has 0 amide bonds. The maximum atomic E-state index is 10.8. The SMILES string of the molecule is COCc1cc([N+](=O)[O-])ccc1NCC(C)c1ccsc1. The molecular weight excluding hydrogens is 288 g/mol. The molecule has 0 spiro atoms. The van der Waals surface area contributed by atoms with E-state index < -0.39 is 4.92 Å². The fourth-order valence-corrected chi connectivity index (χ4v) is 2.86. The van der Waals surface area contributed by atoms with Crippen molar-refractivity contribution in [2.45, 2.75) is 19.4 Å². The fraction of sp³-hybridized carbons (Fsp3) is 0.333. The van der Waals surface area contributed by atoms with Crippen molar-refractivity contribution in [3.05, 3.63) is 56.3 Å². The van der Waals surface area contributed by atoms with E-state index in [2.05, 4.69) is 29.1 Å². The molecule has 1 N–H and O–H groups in total. The second-order valence-corrected chi connectivity index (χ2v) is 5.65. The number of benzene rings is 1. The van der Waals surface area contributed by atoms with Crippen LogP contribution in [0.4, 0.5) is 11.4 Å². The van der Waals surface area contributed by atoms with E-state index in [1.165, 1.54) is 11.6 Å². The van der Waals surface area contributed by atoms with Crippen LogP contribution in [0.1, 0.15) is 24.0 Å². The van der Waals surface area contributed by atoms with Crippen LogP contribution >= 0.6 is 11.3 Å². The van der Waals surface area contributed by atoms with Gasteiger partial charge >= 0.3 is 0 Å². The van der Waals surface area contributed by atoms with E-state index >= 15 is 0 Å². The zero-order valence-electron chi connectivity index (χ0n) is 12.0. The van der Waals surface area contributed by atoms with Gasteiger partial charge in [0.15, 0.2) is 0 Å². The summed E-state index contributed by atoms with van der Waals surface area (Å²) in [7, 11) is 1.58. The van der Waals surface area contributed by atoms with Crippen LogP contribution < -0.4 is 5.32 Å². The van der Waals surface area contributed by atoms with Crippen molar-refractivity contribution >= 4 is 22.7 Å². The Bertz CT molecular complexity index is 599. The van der Waals surface area contributed by atoms with Crippen LogP contribution in [0.5, 0.6) is 0 Å². The average molecular weight is 306 g/mol. The Labute approximate surface area is 127 Å². The van der Waals surface area contributed by atoms with Crippen molar-refractivity contribution in [3.63, 3.8) is 0 Å². The van der Waals surface area contributed by atoms with Crippen LogP contribution in [-0.4, -0.2) is 18.6 Å². The van der Waals surface area contributed by atoms with Crippen molar-refractivity contribution in [2.75, 3.05) is 19.0 Å². The quantitative estimate of drug-likeness (QED) is 0.620. The molecule has 2 aromatic rings. The number of thiophene rings is 1.